The van der Waals surface area contributed by atoms with E-state index in [-0.39, 0.29) is 12.3 Å². The molecule has 0 radical (unpaired) electrons. The number of amides is 1. The monoisotopic (exact) mass is 367 g/mol. The zero-order valence-electron chi connectivity index (χ0n) is 14.9. The molecule has 1 aliphatic rings. The second-order valence-electron chi connectivity index (χ2n) is 6.68. The average Bonchev–Trinajstić information content (AvgIpc) is 3.26. The number of pyridine rings is 1. The molecule has 0 aliphatic heterocycles. The predicted octanol–water partition coefficient (Wildman–Crippen LogP) is 3.39. The minimum absolute atomic E-state index is 0.277. The van der Waals surface area contributed by atoms with Gasteiger partial charge < -0.3 is 14.5 Å². The largest absolute Gasteiger partial charge is 0.465 e. The minimum atomic E-state index is -1.04. The van der Waals surface area contributed by atoms with Crippen molar-refractivity contribution in [1.82, 2.24) is 9.38 Å². The maximum absolute atomic E-state index is 13.0. The molecule has 2 aromatic heterocycles. The van der Waals surface area contributed by atoms with E-state index >= 15 is 0 Å². The lowest BCUT2D eigenvalue weighted by Gasteiger charge is -2.09. The average molecular weight is 367 g/mol. The van der Waals surface area contributed by atoms with E-state index in [0.29, 0.717) is 17.0 Å². The summed E-state index contributed by atoms with van der Waals surface area (Å²) in [5.74, 6) is -0.908. The van der Waals surface area contributed by atoms with Crippen molar-refractivity contribution in [3.05, 3.63) is 53.9 Å². The highest BCUT2D eigenvalue weighted by Crippen LogP contribution is 2.34. The Bertz CT molecular complexity index is 1060. The summed E-state index contributed by atoms with van der Waals surface area (Å²) in [5.41, 5.74) is 3.94. The van der Waals surface area contributed by atoms with Gasteiger partial charge in [0.25, 0.3) is 0 Å². The molecule has 1 N–H and O–H groups in total. The Morgan fingerprint density at radius 1 is 1.26 bits per heavy atom. The van der Waals surface area contributed by atoms with Gasteiger partial charge in [-0.25, -0.2) is 14.2 Å². The third kappa shape index (κ3) is 3.28. The third-order valence-corrected chi connectivity index (χ3v) is 4.72. The van der Waals surface area contributed by atoms with E-state index in [9.17, 15) is 14.0 Å². The van der Waals surface area contributed by atoms with E-state index in [1.807, 2.05) is 31.3 Å². The molecule has 7 heteroatoms. The van der Waals surface area contributed by atoms with Gasteiger partial charge in [0.2, 0.25) is 5.91 Å². The number of halogens is 1. The van der Waals surface area contributed by atoms with E-state index in [1.54, 1.807) is 22.7 Å². The van der Waals surface area contributed by atoms with Gasteiger partial charge in [-0.2, -0.15) is 0 Å². The van der Waals surface area contributed by atoms with Gasteiger partial charge in [0.1, 0.15) is 11.8 Å². The molecule has 0 bridgehead atoms. The zero-order valence-corrected chi connectivity index (χ0v) is 14.9. The lowest BCUT2D eigenvalue weighted by atomic mass is 9.99. The molecule has 0 unspecified atom stereocenters. The molecule has 6 nitrogen and oxygen atoms in total. The van der Waals surface area contributed by atoms with E-state index in [0.717, 1.165) is 16.7 Å². The summed E-state index contributed by atoms with van der Waals surface area (Å²) in [7, 11) is 1.35. The van der Waals surface area contributed by atoms with Crippen LogP contribution in [-0.4, -0.2) is 34.5 Å². The van der Waals surface area contributed by atoms with E-state index in [4.69, 9.17) is 4.74 Å². The fraction of sp³-hybridized carbons (Fsp3) is 0.250. The number of ether oxygens (including phenoxy) is 1. The van der Waals surface area contributed by atoms with Crippen molar-refractivity contribution in [1.29, 1.82) is 0 Å². The minimum Gasteiger partial charge on any atom is -0.465 e. The van der Waals surface area contributed by atoms with E-state index < -0.39 is 18.1 Å². The first-order chi connectivity index (χ1) is 13.0. The molecule has 2 heterocycles. The Morgan fingerprint density at radius 2 is 2.04 bits per heavy atom. The highest BCUT2D eigenvalue weighted by molar-refractivity contribution is 5.94. The second-order valence-corrected chi connectivity index (χ2v) is 6.68. The van der Waals surface area contributed by atoms with E-state index in [1.165, 1.54) is 7.11 Å². The van der Waals surface area contributed by atoms with Crippen LogP contribution in [0.15, 0.2) is 42.7 Å². The molecule has 1 saturated carbocycles. The van der Waals surface area contributed by atoms with Crippen molar-refractivity contribution in [3.63, 3.8) is 0 Å². The maximum atomic E-state index is 13.0. The number of esters is 1. The number of aromatic nitrogens is 2. The van der Waals surface area contributed by atoms with Crippen molar-refractivity contribution in [2.24, 2.45) is 5.92 Å². The Morgan fingerprint density at radius 3 is 2.74 bits per heavy atom. The number of aryl methyl sites for hydroxylation is 1. The number of hydrogen-bond donors (Lipinski definition) is 1. The lowest BCUT2D eigenvalue weighted by molar-refractivity contribution is -0.117. The van der Waals surface area contributed by atoms with Crippen LogP contribution in [0.1, 0.15) is 22.3 Å². The molecule has 1 aromatic carbocycles. The van der Waals surface area contributed by atoms with Gasteiger partial charge in [-0.05, 0) is 54.3 Å². The quantitative estimate of drug-likeness (QED) is 0.718. The number of carbonyl (C=O) groups is 2. The number of nitrogens with one attached hydrogen (secondary N) is 1. The van der Waals surface area contributed by atoms with Crippen LogP contribution in [0.3, 0.4) is 0 Å². The second kappa shape index (κ2) is 6.50. The van der Waals surface area contributed by atoms with Crippen LogP contribution < -0.4 is 5.32 Å². The zero-order chi connectivity index (χ0) is 19.1. The van der Waals surface area contributed by atoms with Crippen LogP contribution in [0.2, 0.25) is 0 Å². The van der Waals surface area contributed by atoms with Gasteiger partial charge in [0, 0.05) is 6.20 Å². The summed E-state index contributed by atoms with van der Waals surface area (Å²) in [5, 5.41) is 2.65. The molecule has 2 atom stereocenters. The van der Waals surface area contributed by atoms with E-state index in [2.05, 4.69) is 10.3 Å². The number of methoxy groups -OCH3 is 1. The molecule has 1 aliphatic carbocycles. The first-order valence-electron chi connectivity index (χ1n) is 8.59. The standard InChI is InChI=1S/C20H18FN3O3/c1-11-3-4-12(20(26)27-2)7-14(11)13-5-6-18-22-17(10-24(18)9-13)23-19(25)15-8-16(15)21/h3-7,9-10,15-16H,8H2,1-2H3,(H,23,25)/t15-,16+/m1/s1. The fourth-order valence-electron chi connectivity index (χ4n) is 3.04. The van der Waals surface area contributed by atoms with Crippen LogP contribution in [0.4, 0.5) is 10.2 Å². The number of benzene rings is 1. The van der Waals surface area contributed by atoms with Gasteiger partial charge >= 0.3 is 5.97 Å². The number of rotatable bonds is 4. The van der Waals surface area contributed by atoms with Crippen molar-refractivity contribution in [3.8, 4) is 11.1 Å². The Kier molecular flexibility index (Phi) is 4.14. The first-order valence-corrected chi connectivity index (χ1v) is 8.59. The molecule has 1 fully saturated rings. The van der Waals surface area contributed by atoms with Crippen molar-refractivity contribution >= 4 is 23.3 Å². The summed E-state index contributed by atoms with van der Waals surface area (Å²) >= 11 is 0. The number of fused-ring (bicyclic) bond motifs is 1. The number of hydrogen-bond acceptors (Lipinski definition) is 4. The number of alkyl halides is 1. The Balaban J connectivity index is 1.65. The number of carbonyl (C=O) groups excluding carboxylic acids is 2. The highest BCUT2D eigenvalue weighted by atomic mass is 19.1. The van der Waals surface area contributed by atoms with Gasteiger partial charge in [-0.1, -0.05) is 6.07 Å². The number of imidazole rings is 1. The topological polar surface area (TPSA) is 72.7 Å². The molecule has 0 saturated heterocycles. The Labute approximate surface area is 155 Å². The van der Waals surface area contributed by atoms with Crippen molar-refractivity contribution in [2.45, 2.75) is 19.5 Å². The summed E-state index contributed by atoms with van der Waals surface area (Å²) in [6.07, 6.45) is 2.79. The fourth-order valence-corrected chi connectivity index (χ4v) is 3.04. The normalized spacial score (nSPS) is 18.3. The number of nitrogens with zero attached hydrogens (tertiary/aromatic N) is 2. The summed E-state index contributed by atoms with van der Waals surface area (Å²) < 4.78 is 19.6. The molecule has 138 valence electrons. The van der Waals surface area contributed by atoms with Gasteiger partial charge in [-0.3, -0.25) is 4.79 Å². The predicted molar refractivity (Wildman–Crippen MR) is 98.3 cm³/mol. The van der Waals surface area contributed by atoms with Crippen molar-refractivity contribution < 1.29 is 18.7 Å². The Hall–Kier alpha value is -3.22. The van der Waals surface area contributed by atoms with Gasteiger partial charge in [-0.15, -0.1) is 0 Å². The highest BCUT2D eigenvalue weighted by Gasteiger charge is 2.43. The van der Waals surface area contributed by atoms with Crippen LogP contribution in [0.5, 0.6) is 0 Å². The maximum Gasteiger partial charge on any atom is 0.337 e. The molecular weight excluding hydrogens is 349 g/mol. The first kappa shape index (κ1) is 17.2. The molecule has 3 aromatic rings. The van der Waals surface area contributed by atoms with Crippen LogP contribution in [-0.2, 0) is 9.53 Å². The molecular formula is C20H18FN3O3. The van der Waals surface area contributed by atoms with Crippen molar-refractivity contribution in [2.75, 3.05) is 12.4 Å². The molecule has 1 amide bonds. The molecule has 27 heavy (non-hydrogen) atoms. The summed E-state index contributed by atoms with van der Waals surface area (Å²) in [4.78, 5) is 28.0. The number of anilines is 1. The van der Waals surface area contributed by atoms with Crippen LogP contribution in [0, 0.1) is 12.8 Å². The molecule has 4 rings (SSSR count). The summed E-state index contributed by atoms with van der Waals surface area (Å²) in [6, 6.07) is 9.11. The molecule has 0 spiro atoms. The summed E-state index contributed by atoms with van der Waals surface area (Å²) in [6.45, 7) is 1.96. The van der Waals surface area contributed by atoms with Gasteiger partial charge in [0.05, 0.1) is 24.8 Å². The third-order valence-electron chi connectivity index (χ3n) is 4.72. The smallest absolute Gasteiger partial charge is 0.337 e. The lowest BCUT2D eigenvalue weighted by Crippen LogP contribution is -2.15. The van der Waals surface area contributed by atoms with Crippen LogP contribution >= 0.6 is 0 Å². The van der Waals surface area contributed by atoms with Crippen LogP contribution in [0.25, 0.3) is 16.8 Å². The van der Waals surface area contributed by atoms with Gasteiger partial charge in [0.15, 0.2) is 5.82 Å². The SMILES string of the molecule is COC(=O)c1ccc(C)c(-c2ccc3nc(NC(=O)[C@@H]4C[C@@H]4F)cn3c2)c1.